The van der Waals surface area contributed by atoms with Crippen molar-refractivity contribution in [3.05, 3.63) is 35.6 Å². The van der Waals surface area contributed by atoms with Gasteiger partial charge in [0, 0.05) is 0 Å². The quantitative estimate of drug-likeness (QED) is 0.778. The summed E-state index contributed by atoms with van der Waals surface area (Å²) in [5.41, 5.74) is 0.248. The number of nitrogens with one attached hydrogen (secondary N) is 1. The number of piperazine rings is 1. The Bertz CT molecular complexity index is 544. The van der Waals surface area contributed by atoms with E-state index in [1.807, 2.05) is 0 Å². The fourth-order valence-corrected chi connectivity index (χ4v) is 1.92. The minimum Gasteiger partial charge on any atom is -0.321 e. The largest absolute Gasteiger partial charge is 0.321 e. The monoisotopic (exact) mass is 264 g/mol. The minimum absolute atomic E-state index is 0.169. The second kappa shape index (κ2) is 5.17. The molecule has 1 heterocycles. The Morgan fingerprint density at radius 3 is 2.79 bits per heavy atom. The van der Waals surface area contributed by atoms with Gasteiger partial charge in [0.25, 0.3) is 0 Å². The van der Waals surface area contributed by atoms with Gasteiger partial charge in [-0.05, 0) is 18.6 Å². The summed E-state index contributed by atoms with van der Waals surface area (Å²) in [4.78, 5) is 35.9. The molecule has 1 fully saturated rings. The van der Waals surface area contributed by atoms with E-state index in [1.54, 1.807) is 6.07 Å². The number of imide groups is 1. The highest BCUT2D eigenvalue weighted by molar-refractivity contribution is 6.04. The van der Waals surface area contributed by atoms with Gasteiger partial charge in [-0.3, -0.25) is 19.7 Å². The first-order valence-corrected chi connectivity index (χ1v) is 5.85. The summed E-state index contributed by atoms with van der Waals surface area (Å²) >= 11 is 0. The second-order valence-electron chi connectivity index (χ2n) is 4.38. The van der Waals surface area contributed by atoms with Crippen LogP contribution in [0, 0.1) is 5.82 Å². The van der Waals surface area contributed by atoms with Crippen LogP contribution in [-0.2, 0) is 20.8 Å². The molecule has 0 bridgehead atoms. The highest BCUT2D eigenvalue weighted by Gasteiger charge is 2.33. The van der Waals surface area contributed by atoms with Gasteiger partial charge in [-0.15, -0.1) is 0 Å². The first-order chi connectivity index (χ1) is 8.99. The van der Waals surface area contributed by atoms with Crippen molar-refractivity contribution in [3.63, 3.8) is 0 Å². The molecular formula is C13H13FN2O3. The predicted octanol–water partition coefficient (Wildman–Crippen LogP) is 0.242. The van der Waals surface area contributed by atoms with Crippen LogP contribution in [0.25, 0.3) is 0 Å². The molecule has 2 rings (SSSR count). The summed E-state index contributed by atoms with van der Waals surface area (Å²) in [7, 11) is 0. The third kappa shape index (κ3) is 2.78. The van der Waals surface area contributed by atoms with Gasteiger partial charge in [0.2, 0.25) is 17.7 Å². The van der Waals surface area contributed by atoms with E-state index in [0.29, 0.717) is 0 Å². The zero-order valence-electron chi connectivity index (χ0n) is 10.4. The number of halogens is 1. The standard InChI is InChI=1S/C13H13FN2O3/c1-8-13(19)15-11(17)7-16(8)12(18)6-9-4-2-3-5-10(9)14/h2-5,8H,6-7H2,1H3,(H,15,17,19). The molecule has 3 amide bonds. The number of carbonyl (C=O) groups excluding carboxylic acids is 3. The molecule has 100 valence electrons. The van der Waals surface area contributed by atoms with Crippen molar-refractivity contribution in [2.24, 2.45) is 0 Å². The fraction of sp³-hybridized carbons (Fsp3) is 0.308. The first kappa shape index (κ1) is 13.2. The average Bonchev–Trinajstić information content (AvgIpc) is 2.36. The lowest BCUT2D eigenvalue weighted by molar-refractivity contribution is -0.149. The molecule has 1 aliphatic heterocycles. The van der Waals surface area contributed by atoms with Gasteiger partial charge < -0.3 is 4.90 Å². The van der Waals surface area contributed by atoms with E-state index < -0.39 is 29.6 Å². The normalized spacial score (nSPS) is 19.3. The van der Waals surface area contributed by atoms with Crippen molar-refractivity contribution in [2.75, 3.05) is 6.54 Å². The Morgan fingerprint density at radius 1 is 1.42 bits per heavy atom. The molecule has 0 aromatic heterocycles. The number of hydrogen-bond donors (Lipinski definition) is 1. The molecule has 1 aromatic rings. The Hall–Kier alpha value is -2.24. The molecular weight excluding hydrogens is 251 g/mol. The Morgan fingerprint density at radius 2 is 2.11 bits per heavy atom. The van der Waals surface area contributed by atoms with E-state index in [0.717, 1.165) is 4.90 Å². The van der Waals surface area contributed by atoms with Crippen molar-refractivity contribution in [2.45, 2.75) is 19.4 Å². The third-order valence-electron chi connectivity index (χ3n) is 3.04. The van der Waals surface area contributed by atoms with Crippen molar-refractivity contribution in [1.82, 2.24) is 10.2 Å². The SMILES string of the molecule is CC1C(=O)NC(=O)CN1C(=O)Cc1ccccc1F. The van der Waals surface area contributed by atoms with E-state index in [2.05, 4.69) is 5.32 Å². The number of rotatable bonds is 2. The van der Waals surface area contributed by atoms with Crippen LogP contribution < -0.4 is 5.32 Å². The van der Waals surface area contributed by atoms with Gasteiger partial charge in [0.05, 0.1) is 6.42 Å². The summed E-state index contributed by atoms with van der Waals surface area (Å²) in [5, 5.41) is 2.14. The maximum Gasteiger partial charge on any atom is 0.249 e. The molecule has 0 saturated carbocycles. The van der Waals surface area contributed by atoms with Gasteiger partial charge in [-0.2, -0.15) is 0 Å². The highest BCUT2D eigenvalue weighted by atomic mass is 19.1. The van der Waals surface area contributed by atoms with Gasteiger partial charge in [0.15, 0.2) is 0 Å². The summed E-state index contributed by atoms with van der Waals surface area (Å²) in [6.07, 6.45) is -0.169. The molecule has 1 N–H and O–H groups in total. The first-order valence-electron chi connectivity index (χ1n) is 5.85. The molecule has 1 atom stereocenters. The number of hydrogen-bond acceptors (Lipinski definition) is 3. The molecule has 1 saturated heterocycles. The van der Waals surface area contributed by atoms with E-state index in [1.165, 1.54) is 25.1 Å². The molecule has 5 nitrogen and oxygen atoms in total. The van der Waals surface area contributed by atoms with Crippen LogP contribution in [0.1, 0.15) is 12.5 Å². The molecule has 0 spiro atoms. The van der Waals surface area contributed by atoms with Crippen LogP contribution in [0.5, 0.6) is 0 Å². The maximum absolute atomic E-state index is 13.5. The summed E-state index contributed by atoms with van der Waals surface area (Å²) in [6.45, 7) is 1.35. The van der Waals surface area contributed by atoms with Crippen LogP contribution >= 0.6 is 0 Å². The molecule has 6 heteroatoms. The van der Waals surface area contributed by atoms with Crippen LogP contribution in [0.3, 0.4) is 0 Å². The van der Waals surface area contributed by atoms with E-state index in [-0.39, 0.29) is 18.5 Å². The van der Waals surface area contributed by atoms with E-state index >= 15 is 0 Å². The number of amides is 3. The Kier molecular flexibility index (Phi) is 3.59. The average molecular weight is 264 g/mol. The Labute approximate surface area is 109 Å². The summed E-state index contributed by atoms with van der Waals surface area (Å²) < 4.78 is 13.5. The lowest BCUT2D eigenvalue weighted by Crippen LogP contribution is -2.58. The molecule has 19 heavy (non-hydrogen) atoms. The van der Waals surface area contributed by atoms with Crippen LogP contribution in [-0.4, -0.2) is 35.2 Å². The second-order valence-corrected chi connectivity index (χ2v) is 4.38. The molecule has 1 aromatic carbocycles. The van der Waals surface area contributed by atoms with Crippen molar-refractivity contribution < 1.29 is 18.8 Å². The molecule has 0 aliphatic carbocycles. The van der Waals surface area contributed by atoms with E-state index in [4.69, 9.17) is 0 Å². The smallest absolute Gasteiger partial charge is 0.249 e. The highest BCUT2D eigenvalue weighted by Crippen LogP contribution is 2.12. The zero-order chi connectivity index (χ0) is 14.0. The van der Waals surface area contributed by atoms with Crippen molar-refractivity contribution in [1.29, 1.82) is 0 Å². The van der Waals surface area contributed by atoms with Crippen LogP contribution in [0.2, 0.25) is 0 Å². The fourth-order valence-electron chi connectivity index (χ4n) is 1.92. The minimum atomic E-state index is -0.725. The van der Waals surface area contributed by atoms with Crippen LogP contribution in [0.15, 0.2) is 24.3 Å². The number of carbonyl (C=O) groups is 3. The summed E-state index contributed by atoms with van der Waals surface area (Å²) in [5.74, 6) is -1.96. The van der Waals surface area contributed by atoms with Gasteiger partial charge in [0.1, 0.15) is 18.4 Å². The molecule has 1 aliphatic rings. The summed E-state index contributed by atoms with van der Waals surface area (Å²) in [6, 6.07) is 5.20. The van der Waals surface area contributed by atoms with Gasteiger partial charge in [-0.1, -0.05) is 18.2 Å². The van der Waals surface area contributed by atoms with Crippen LogP contribution in [0.4, 0.5) is 4.39 Å². The molecule has 1 unspecified atom stereocenters. The van der Waals surface area contributed by atoms with Gasteiger partial charge in [-0.25, -0.2) is 4.39 Å². The molecule has 0 radical (unpaired) electrons. The predicted molar refractivity (Wildman–Crippen MR) is 64.4 cm³/mol. The Balaban J connectivity index is 2.13. The van der Waals surface area contributed by atoms with Gasteiger partial charge >= 0.3 is 0 Å². The lowest BCUT2D eigenvalue weighted by Gasteiger charge is -2.31. The van der Waals surface area contributed by atoms with Crippen molar-refractivity contribution >= 4 is 17.7 Å². The zero-order valence-corrected chi connectivity index (χ0v) is 10.4. The maximum atomic E-state index is 13.5. The van der Waals surface area contributed by atoms with E-state index in [9.17, 15) is 18.8 Å². The number of benzene rings is 1. The third-order valence-corrected chi connectivity index (χ3v) is 3.04. The lowest BCUT2D eigenvalue weighted by atomic mass is 10.1. The van der Waals surface area contributed by atoms with Crippen molar-refractivity contribution in [3.8, 4) is 0 Å². The number of nitrogens with zero attached hydrogens (tertiary/aromatic N) is 1. The topological polar surface area (TPSA) is 66.5 Å².